The molecule has 0 amide bonds. The molecule has 0 bridgehead atoms. The molecular formula is C13H17N5S. The highest BCUT2D eigenvalue weighted by Crippen LogP contribution is 2.29. The first-order chi connectivity index (χ1) is 9.35. The fourth-order valence-electron chi connectivity index (χ4n) is 1.70. The van der Waals surface area contributed by atoms with Crippen molar-refractivity contribution in [1.29, 1.82) is 0 Å². The first-order valence-corrected chi connectivity index (χ1v) is 7.19. The van der Waals surface area contributed by atoms with E-state index in [0.717, 1.165) is 35.8 Å². The molecule has 2 aromatic rings. The van der Waals surface area contributed by atoms with Crippen LogP contribution in [-0.2, 0) is 6.42 Å². The van der Waals surface area contributed by atoms with E-state index < -0.39 is 0 Å². The van der Waals surface area contributed by atoms with E-state index >= 15 is 0 Å². The lowest BCUT2D eigenvalue weighted by atomic mass is 10.2. The van der Waals surface area contributed by atoms with Crippen molar-refractivity contribution < 1.29 is 0 Å². The van der Waals surface area contributed by atoms with E-state index in [-0.39, 0.29) is 0 Å². The van der Waals surface area contributed by atoms with Crippen molar-refractivity contribution >= 4 is 17.6 Å². The number of rotatable bonds is 6. The largest absolute Gasteiger partial charge is 0.370 e. The van der Waals surface area contributed by atoms with Gasteiger partial charge in [-0.15, -0.1) is 0 Å². The predicted molar refractivity (Wildman–Crippen MR) is 76.3 cm³/mol. The molecule has 2 heterocycles. The summed E-state index contributed by atoms with van der Waals surface area (Å²) in [6, 6.07) is 1.81. The van der Waals surface area contributed by atoms with Gasteiger partial charge >= 0.3 is 0 Å². The summed E-state index contributed by atoms with van der Waals surface area (Å²) in [5.41, 5.74) is 1.14. The first-order valence-electron chi connectivity index (χ1n) is 6.37. The molecule has 0 aliphatic heterocycles. The van der Waals surface area contributed by atoms with Crippen molar-refractivity contribution in [1.82, 2.24) is 19.9 Å². The van der Waals surface area contributed by atoms with Crippen molar-refractivity contribution in [2.45, 2.75) is 36.9 Å². The Balaban J connectivity index is 2.30. The van der Waals surface area contributed by atoms with E-state index in [4.69, 9.17) is 0 Å². The number of anilines is 1. The maximum atomic E-state index is 4.37. The third-order valence-corrected chi connectivity index (χ3v) is 3.42. The zero-order valence-electron chi connectivity index (χ0n) is 11.1. The van der Waals surface area contributed by atoms with Gasteiger partial charge in [-0.25, -0.2) is 19.9 Å². The van der Waals surface area contributed by atoms with Gasteiger partial charge in [-0.1, -0.05) is 13.3 Å². The number of aromatic nitrogens is 4. The van der Waals surface area contributed by atoms with Crippen LogP contribution in [0.4, 0.5) is 5.82 Å². The van der Waals surface area contributed by atoms with Crippen LogP contribution in [0.15, 0.2) is 35.0 Å². The zero-order chi connectivity index (χ0) is 13.5. The third-order valence-electron chi connectivity index (χ3n) is 2.48. The van der Waals surface area contributed by atoms with Crippen molar-refractivity contribution in [3.8, 4) is 0 Å². The monoisotopic (exact) mass is 275 g/mol. The van der Waals surface area contributed by atoms with Gasteiger partial charge in [-0.2, -0.15) is 0 Å². The first kappa shape index (κ1) is 13.7. The van der Waals surface area contributed by atoms with E-state index in [0.29, 0.717) is 5.16 Å². The summed E-state index contributed by atoms with van der Waals surface area (Å²) < 4.78 is 0. The molecule has 0 aliphatic carbocycles. The Morgan fingerprint density at radius 3 is 2.58 bits per heavy atom. The topological polar surface area (TPSA) is 63.6 Å². The van der Waals surface area contributed by atoms with Gasteiger partial charge in [0, 0.05) is 24.5 Å². The van der Waals surface area contributed by atoms with E-state index in [9.17, 15) is 0 Å². The molecule has 19 heavy (non-hydrogen) atoms. The van der Waals surface area contributed by atoms with Gasteiger partial charge < -0.3 is 5.32 Å². The summed E-state index contributed by atoms with van der Waals surface area (Å²) in [5, 5.41) is 4.92. The Bertz CT molecular complexity index is 518. The van der Waals surface area contributed by atoms with Crippen LogP contribution in [0.5, 0.6) is 0 Å². The average molecular weight is 275 g/mol. The van der Waals surface area contributed by atoms with Gasteiger partial charge in [0.15, 0.2) is 5.16 Å². The quantitative estimate of drug-likeness (QED) is 0.646. The zero-order valence-corrected chi connectivity index (χ0v) is 11.9. The Labute approximate surface area is 117 Å². The summed E-state index contributed by atoms with van der Waals surface area (Å²) in [7, 11) is 0. The molecule has 100 valence electrons. The molecule has 6 heteroatoms. The summed E-state index contributed by atoms with van der Waals surface area (Å²) in [5.74, 6) is 0.915. The van der Waals surface area contributed by atoms with Crippen LogP contribution < -0.4 is 5.32 Å². The Kier molecular flexibility index (Phi) is 5.09. The van der Waals surface area contributed by atoms with Crippen molar-refractivity contribution in [2.24, 2.45) is 0 Å². The van der Waals surface area contributed by atoms with Gasteiger partial charge in [0.2, 0.25) is 0 Å². The van der Waals surface area contributed by atoms with Gasteiger partial charge in [0.05, 0.1) is 0 Å². The molecule has 0 atom stereocenters. The van der Waals surface area contributed by atoms with Crippen molar-refractivity contribution in [2.75, 3.05) is 11.9 Å². The van der Waals surface area contributed by atoms with E-state index in [1.807, 2.05) is 0 Å². The summed E-state index contributed by atoms with van der Waals surface area (Å²) >= 11 is 1.48. The molecule has 2 aromatic heterocycles. The van der Waals surface area contributed by atoms with Gasteiger partial charge in [0.1, 0.15) is 17.2 Å². The number of nitrogens with one attached hydrogen (secondary N) is 1. The molecule has 0 radical (unpaired) electrons. The molecule has 5 nitrogen and oxygen atoms in total. The van der Waals surface area contributed by atoms with Crippen LogP contribution in [0.3, 0.4) is 0 Å². The molecule has 1 N–H and O–H groups in total. The molecule has 0 unspecified atom stereocenters. The third kappa shape index (κ3) is 3.64. The normalized spacial score (nSPS) is 10.4. The fourth-order valence-corrected chi connectivity index (χ4v) is 2.53. The lowest BCUT2D eigenvalue weighted by Gasteiger charge is -2.11. The summed E-state index contributed by atoms with van der Waals surface area (Å²) in [6.07, 6.45) is 7.05. The van der Waals surface area contributed by atoms with E-state index in [2.05, 4.69) is 39.1 Å². The van der Waals surface area contributed by atoms with Crippen LogP contribution in [0.1, 0.15) is 25.8 Å². The molecule has 0 spiro atoms. The second-order valence-corrected chi connectivity index (χ2v) is 4.88. The average Bonchev–Trinajstić information content (AvgIpc) is 2.44. The van der Waals surface area contributed by atoms with Gasteiger partial charge in [-0.3, -0.25) is 0 Å². The number of hydrogen-bond donors (Lipinski definition) is 1. The fraction of sp³-hybridized carbons (Fsp3) is 0.385. The minimum Gasteiger partial charge on any atom is -0.370 e. The number of hydrogen-bond acceptors (Lipinski definition) is 6. The Morgan fingerprint density at radius 2 is 1.89 bits per heavy atom. The lowest BCUT2D eigenvalue weighted by molar-refractivity contribution is 0.851. The van der Waals surface area contributed by atoms with E-state index in [1.54, 1.807) is 24.8 Å². The summed E-state index contributed by atoms with van der Waals surface area (Å²) in [4.78, 5) is 17.1. The second kappa shape index (κ2) is 7.04. The van der Waals surface area contributed by atoms with Crippen molar-refractivity contribution in [3.05, 3.63) is 30.4 Å². The van der Waals surface area contributed by atoms with Crippen LogP contribution >= 0.6 is 11.8 Å². The van der Waals surface area contributed by atoms with Crippen molar-refractivity contribution in [3.63, 3.8) is 0 Å². The van der Waals surface area contributed by atoms with Crippen LogP contribution in [0, 0.1) is 0 Å². The second-order valence-electron chi connectivity index (χ2n) is 3.92. The highest BCUT2D eigenvalue weighted by molar-refractivity contribution is 7.99. The van der Waals surface area contributed by atoms with Crippen LogP contribution in [0.25, 0.3) is 0 Å². The molecule has 0 saturated carbocycles. The Hall–Kier alpha value is -1.69. The van der Waals surface area contributed by atoms with Crippen LogP contribution in [-0.4, -0.2) is 26.5 Å². The summed E-state index contributed by atoms with van der Waals surface area (Å²) in [6.45, 7) is 5.06. The Morgan fingerprint density at radius 1 is 1.11 bits per heavy atom. The highest BCUT2D eigenvalue weighted by Gasteiger charge is 2.12. The molecular weight excluding hydrogens is 258 g/mol. The van der Waals surface area contributed by atoms with E-state index in [1.165, 1.54) is 11.8 Å². The standard InChI is InChI=1S/C13H17N5S/c1-3-6-10-11(14-4-2)17-9-18-12(10)19-13-15-7-5-8-16-13/h5,7-9H,3-4,6H2,1-2H3,(H,14,17,18). The highest BCUT2D eigenvalue weighted by atomic mass is 32.2. The molecule has 0 saturated heterocycles. The van der Waals surface area contributed by atoms with Gasteiger partial charge in [-0.05, 0) is 31.2 Å². The SMILES string of the molecule is CCCc1c(NCC)ncnc1Sc1ncccn1. The smallest absolute Gasteiger partial charge is 0.193 e. The molecule has 2 rings (SSSR count). The van der Waals surface area contributed by atoms with Gasteiger partial charge in [0.25, 0.3) is 0 Å². The maximum Gasteiger partial charge on any atom is 0.193 e. The molecule has 0 fully saturated rings. The maximum absolute atomic E-state index is 4.37. The minimum absolute atomic E-state index is 0.709. The molecule has 0 aliphatic rings. The minimum atomic E-state index is 0.709. The predicted octanol–water partition coefficient (Wildman–Crippen LogP) is 2.80. The van der Waals surface area contributed by atoms with Crippen LogP contribution in [0.2, 0.25) is 0 Å². The lowest BCUT2D eigenvalue weighted by Crippen LogP contribution is -2.06. The number of nitrogens with zero attached hydrogens (tertiary/aromatic N) is 4. The molecule has 0 aromatic carbocycles.